The molecule has 1 N–H and O–H groups in total. The number of benzene rings is 2. The van der Waals surface area contributed by atoms with Crippen molar-refractivity contribution in [3.8, 4) is 0 Å². The van der Waals surface area contributed by atoms with Crippen molar-refractivity contribution >= 4 is 39.7 Å². The molecule has 2 atom stereocenters. The molecular weight excluding hydrogens is 601 g/mol. The van der Waals surface area contributed by atoms with Gasteiger partial charge in [-0.15, -0.1) is 11.8 Å². The number of esters is 1. The molecule has 3 heterocycles. The molecule has 1 saturated heterocycles. The lowest BCUT2D eigenvalue weighted by Gasteiger charge is -2.49. The molecular formula is C27H21F3N2O8S2. The Morgan fingerprint density at radius 3 is 2.19 bits per heavy atom. The third kappa shape index (κ3) is 5.87. The average molecular weight is 623 g/mol. The number of nitrogens with one attached hydrogen (secondary N) is 1. The first-order valence-corrected chi connectivity index (χ1v) is 14.7. The van der Waals surface area contributed by atoms with Crippen LogP contribution in [0.5, 0.6) is 0 Å². The molecule has 2 aromatic carbocycles. The normalized spacial score (nSPS) is 18.8. The molecule has 0 saturated carbocycles. The predicted molar refractivity (Wildman–Crippen MR) is 141 cm³/mol. The van der Waals surface area contributed by atoms with Crippen LogP contribution in [0.25, 0.3) is 0 Å². The van der Waals surface area contributed by atoms with Crippen molar-refractivity contribution in [2.45, 2.75) is 29.4 Å². The highest BCUT2D eigenvalue weighted by atomic mass is 32.2. The van der Waals surface area contributed by atoms with E-state index in [-0.39, 0.29) is 6.42 Å². The summed E-state index contributed by atoms with van der Waals surface area (Å²) in [5.41, 5.74) is -5.59. The van der Waals surface area contributed by atoms with Gasteiger partial charge in [0, 0.05) is 0 Å². The largest absolute Gasteiger partial charge is 0.534 e. The second-order valence-corrected chi connectivity index (χ2v) is 11.7. The van der Waals surface area contributed by atoms with Crippen LogP contribution in [0.1, 0.15) is 23.0 Å². The van der Waals surface area contributed by atoms with E-state index in [2.05, 4.69) is 9.50 Å². The minimum absolute atomic E-state index is 0.188. The summed E-state index contributed by atoms with van der Waals surface area (Å²) in [5.74, 6) is -3.87. The molecule has 5 rings (SSSR count). The molecule has 1 aromatic heterocycles. The highest BCUT2D eigenvalue weighted by Crippen LogP contribution is 2.43. The number of hydrogen-bond acceptors (Lipinski definition) is 9. The van der Waals surface area contributed by atoms with E-state index < -0.39 is 68.1 Å². The van der Waals surface area contributed by atoms with Crippen LogP contribution in [0.2, 0.25) is 0 Å². The Hall–Kier alpha value is -4.24. The van der Waals surface area contributed by atoms with Crippen LogP contribution in [-0.4, -0.2) is 53.8 Å². The van der Waals surface area contributed by atoms with Gasteiger partial charge in [-0.1, -0.05) is 60.7 Å². The fourth-order valence-corrected chi connectivity index (χ4v) is 6.19. The van der Waals surface area contributed by atoms with E-state index in [0.29, 0.717) is 16.9 Å². The number of halogens is 3. The zero-order chi connectivity index (χ0) is 30.1. The topological polar surface area (TPSA) is 132 Å². The van der Waals surface area contributed by atoms with E-state index in [9.17, 15) is 36.0 Å². The molecule has 0 bridgehead atoms. The number of amides is 2. The summed E-state index contributed by atoms with van der Waals surface area (Å²) in [4.78, 5) is 40.1. The Labute approximate surface area is 241 Å². The SMILES string of the molecule is O=C(Cc1ccco1)NC1C(=O)N2C(C(=O)OC(c3ccccc3)c3ccccc3)=C(OS(=O)(=O)C(F)(F)F)CS[C@H]12. The molecule has 1 unspecified atom stereocenters. The molecule has 0 radical (unpaired) electrons. The lowest BCUT2D eigenvalue weighted by atomic mass is 10.0. The Morgan fingerprint density at radius 1 is 1.02 bits per heavy atom. The van der Waals surface area contributed by atoms with Gasteiger partial charge in [0.2, 0.25) is 5.91 Å². The van der Waals surface area contributed by atoms with Gasteiger partial charge in [0.05, 0.1) is 18.4 Å². The quantitative estimate of drug-likeness (QED) is 0.164. The minimum atomic E-state index is -6.19. The maximum Gasteiger partial charge on any atom is 0.534 e. The maximum absolute atomic E-state index is 13.6. The monoisotopic (exact) mass is 622 g/mol. The summed E-state index contributed by atoms with van der Waals surface area (Å²) in [6.07, 6.45) is 0.112. The van der Waals surface area contributed by atoms with Crippen LogP contribution in [-0.2, 0) is 39.8 Å². The summed E-state index contributed by atoms with van der Waals surface area (Å²) in [7, 11) is -6.19. The molecule has 2 aliphatic heterocycles. The summed E-state index contributed by atoms with van der Waals surface area (Å²) in [6.45, 7) is 0. The molecule has 3 aromatic rings. The first-order chi connectivity index (χ1) is 20.0. The van der Waals surface area contributed by atoms with Crippen LogP contribution in [0.4, 0.5) is 13.2 Å². The van der Waals surface area contributed by atoms with E-state index in [4.69, 9.17) is 9.15 Å². The van der Waals surface area contributed by atoms with Gasteiger partial charge >= 0.3 is 21.6 Å². The highest BCUT2D eigenvalue weighted by Gasteiger charge is 2.57. The van der Waals surface area contributed by atoms with Gasteiger partial charge in [-0.2, -0.15) is 21.6 Å². The van der Waals surface area contributed by atoms with Crippen molar-refractivity contribution < 1.29 is 49.3 Å². The third-order valence-electron chi connectivity index (χ3n) is 6.28. The van der Waals surface area contributed by atoms with E-state index in [1.807, 2.05) is 0 Å². The third-order valence-corrected chi connectivity index (χ3v) is 8.52. The number of thioether (sulfide) groups is 1. The second-order valence-electron chi connectivity index (χ2n) is 9.07. The number of hydrogen-bond donors (Lipinski definition) is 1. The summed E-state index contributed by atoms with van der Waals surface area (Å²) in [5, 5.41) is 1.57. The predicted octanol–water partition coefficient (Wildman–Crippen LogP) is 3.63. The van der Waals surface area contributed by atoms with Gasteiger partial charge in [-0.05, 0) is 23.3 Å². The van der Waals surface area contributed by atoms with E-state index in [0.717, 1.165) is 16.7 Å². The van der Waals surface area contributed by atoms with E-state index in [1.165, 1.54) is 6.26 Å². The van der Waals surface area contributed by atoms with Crippen LogP contribution >= 0.6 is 11.8 Å². The Balaban J connectivity index is 1.46. The summed E-state index contributed by atoms with van der Waals surface area (Å²) >= 11 is 0.811. The van der Waals surface area contributed by atoms with Crippen molar-refractivity contribution in [2.24, 2.45) is 0 Å². The lowest BCUT2D eigenvalue weighted by Crippen LogP contribution is -2.70. The minimum Gasteiger partial charge on any atom is -0.469 e. The first-order valence-electron chi connectivity index (χ1n) is 12.3. The van der Waals surface area contributed by atoms with E-state index in [1.54, 1.807) is 72.8 Å². The number of β-lactam (4-membered cyclic amide) rings is 1. The molecule has 15 heteroatoms. The molecule has 42 heavy (non-hydrogen) atoms. The van der Waals surface area contributed by atoms with Crippen LogP contribution in [0.15, 0.2) is 94.9 Å². The van der Waals surface area contributed by atoms with E-state index >= 15 is 0 Å². The molecule has 1 fully saturated rings. The molecule has 2 amide bonds. The van der Waals surface area contributed by atoms with Gasteiger partial charge < -0.3 is 18.7 Å². The molecule has 2 aliphatic rings. The van der Waals surface area contributed by atoms with Gasteiger partial charge in [0.1, 0.15) is 17.2 Å². The van der Waals surface area contributed by atoms with Gasteiger partial charge in [-0.25, -0.2) is 4.79 Å². The number of furan rings is 1. The number of fused-ring (bicyclic) bond motifs is 1. The summed E-state index contributed by atoms with van der Waals surface area (Å²) in [6, 6.07) is 18.8. The lowest BCUT2D eigenvalue weighted by molar-refractivity contribution is -0.155. The van der Waals surface area contributed by atoms with Crippen molar-refractivity contribution in [3.05, 3.63) is 107 Å². The van der Waals surface area contributed by atoms with Crippen molar-refractivity contribution in [2.75, 3.05) is 5.75 Å². The van der Waals surface area contributed by atoms with Crippen molar-refractivity contribution in [1.82, 2.24) is 10.2 Å². The number of carbonyl (C=O) groups is 3. The highest BCUT2D eigenvalue weighted by molar-refractivity contribution is 8.00. The Kier molecular flexibility index (Phi) is 8.06. The van der Waals surface area contributed by atoms with Crippen LogP contribution in [0, 0.1) is 0 Å². The number of rotatable bonds is 9. The molecule has 0 aliphatic carbocycles. The number of nitrogens with zero attached hydrogens (tertiary/aromatic N) is 1. The number of carbonyl (C=O) groups excluding carboxylic acids is 3. The van der Waals surface area contributed by atoms with Crippen LogP contribution in [0.3, 0.4) is 0 Å². The number of ether oxygens (including phenoxy) is 1. The smallest absolute Gasteiger partial charge is 0.469 e. The zero-order valence-corrected chi connectivity index (χ0v) is 22.9. The van der Waals surface area contributed by atoms with Crippen molar-refractivity contribution in [1.29, 1.82) is 0 Å². The second kappa shape index (κ2) is 11.6. The first kappa shape index (κ1) is 29.3. The standard InChI is InChI=1S/C27H21F3N2O8S2/c28-27(29,30)42(36,37)40-19-15-41-25-21(31-20(33)14-18-12-7-13-38-18)24(34)32(25)22(19)26(35)39-23(16-8-3-1-4-9-16)17-10-5-2-6-11-17/h1-13,21,23,25H,14-15H2,(H,31,33)/t21?,25-/m1/s1. The van der Waals surface area contributed by atoms with Gasteiger partial charge in [-0.3, -0.25) is 14.5 Å². The summed E-state index contributed by atoms with van der Waals surface area (Å²) < 4.78 is 78.6. The van der Waals surface area contributed by atoms with Crippen molar-refractivity contribution in [3.63, 3.8) is 0 Å². The molecule has 0 spiro atoms. The Bertz CT molecular complexity index is 1570. The average Bonchev–Trinajstić information content (AvgIpc) is 3.47. The van der Waals surface area contributed by atoms with Gasteiger partial charge in [0.25, 0.3) is 5.91 Å². The van der Waals surface area contributed by atoms with Gasteiger partial charge in [0.15, 0.2) is 17.6 Å². The maximum atomic E-state index is 13.6. The Morgan fingerprint density at radius 2 is 1.64 bits per heavy atom. The fourth-order valence-electron chi connectivity index (χ4n) is 4.37. The number of alkyl halides is 3. The molecule has 220 valence electrons. The van der Waals surface area contributed by atoms with Crippen LogP contribution < -0.4 is 5.32 Å². The fraction of sp³-hybridized carbons (Fsp3) is 0.222. The zero-order valence-electron chi connectivity index (χ0n) is 21.3. The molecule has 10 nitrogen and oxygen atoms in total.